The van der Waals surface area contributed by atoms with Crippen LogP contribution >= 0.6 is 22.9 Å². The number of aryl methyl sites for hydroxylation is 1. The molecule has 1 unspecified atom stereocenters. The Morgan fingerprint density at radius 3 is 2.45 bits per heavy atom. The Labute approximate surface area is 190 Å². The lowest BCUT2D eigenvalue weighted by atomic mass is 9.90. The Balaban J connectivity index is 1.47. The fourth-order valence-electron chi connectivity index (χ4n) is 3.68. The van der Waals surface area contributed by atoms with Crippen LogP contribution in [0.2, 0.25) is 5.02 Å². The zero-order valence-electron chi connectivity index (χ0n) is 17.4. The lowest BCUT2D eigenvalue weighted by Gasteiger charge is -2.20. The quantitative estimate of drug-likeness (QED) is 0.481. The van der Waals surface area contributed by atoms with Gasteiger partial charge in [0.2, 0.25) is 5.91 Å². The smallest absolute Gasteiger partial charge is 0.257 e. The van der Waals surface area contributed by atoms with Crippen molar-refractivity contribution in [3.05, 3.63) is 75.3 Å². The summed E-state index contributed by atoms with van der Waals surface area (Å²) in [5.41, 5.74) is 3.31. The number of halogens is 1. The van der Waals surface area contributed by atoms with Crippen LogP contribution in [-0.4, -0.2) is 16.8 Å². The maximum Gasteiger partial charge on any atom is 0.257 e. The fourth-order valence-corrected chi connectivity index (χ4v) is 4.86. The van der Waals surface area contributed by atoms with Crippen molar-refractivity contribution >= 4 is 45.6 Å². The predicted octanol–water partition coefficient (Wildman–Crippen LogP) is 6.23. The van der Waals surface area contributed by atoms with Gasteiger partial charge in [-0.25, -0.2) is 4.98 Å². The molecule has 1 aliphatic rings. The minimum Gasteiger partial charge on any atom is -0.326 e. The maximum absolute atomic E-state index is 13.0. The number of hydrogen-bond donors (Lipinski definition) is 2. The van der Waals surface area contributed by atoms with Crippen LogP contribution in [0.3, 0.4) is 0 Å². The highest BCUT2D eigenvalue weighted by atomic mass is 35.5. The van der Waals surface area contributed by atoms with Gasteiger partial charge in [-0.15, -0.1) is 11.3 Å². The van der Waals surface area contributed by atoms with Crippen molar-refractivity contribution in [2.24, 2.45) is 0 Å². The van der Waals surface area contributed by atoms with Crippen molar-refractivity contribution in [3.8, 4) is 0 Å². The molecule has 2 N–H and O–H groups in total. The fraction of sp³-hybridized carbons (Fsp3) is 0.292. The van der Waals surface area contributed by atoms with Crippen LogP contribution in [-0.2, 0) is 11.2 Å². The molecule has 4 rings (SSSR count). The highest BCUT2D eigenvalue weighted by Crippen LogP contribution is 2.37. The van der Waals surface area contributed by atoms with E-state index in [1.165, 1.54) is 16.9 Å². The van der Waals surface area contributed by atoms with Crippen molar-refractivity contribution in [2.45, 2.75) is 44.9 Å². The number of benzene rings is 2. The summed E-state index contributed by atoms with van der Waals surface area (Å²) in [6.07, 6.45) is 2.54. The zero-order valence-corrected chi connectivity index (χ0v) is 19.0. The van der Waals surface area contributed by atoms with E-state index < -0.39 is 0 Å². The molecule has 0 bridgehead atoms. The van der Waals surface area contributed by atoms with Crippen molar-refractivity contribution in [1.82, 2.24) is 4.98 Å². The molecule has 3 aromatic rings. The number of amides is 2. The second kappa shape index (κ2) is 9.20. The molecule has 31 heavy (non-hydrogen) atoms. The average molecular weight is 454 g/mol. The molecule has 2 aromatic carbocycles. The summed E-state index contributed by atoms with van der Waals surface area (Å²) in [6, 6.07) is 14.7. The minimum absolute atomic E-state index is 0.0564. The first-order valence-electron chi connectivity index (χ1n) is 10.4. The monoisotopic (exact) mass is 453 g/mol. The number of fused-ring (bicyclic) bond motifs is 1. The second-order valence-corrected chi connectivity index (χ2v) is 9.52. The number of aromatic nitrogens is 1. The number of hydrogen-bond acceptors (Lipinski definition) is 4. The third kappa shape index (κ3) is 4.97. The summed E-state index contributed by atoms with van der Waals surface area (Å²) in [5, 5.41) is 6.98. The highest BCUT2D eigenvalue weighted by Gasteiger charge is 2.30. The Hall–Kier alpha value is -2.70. The van der Waals surface area contributed by atoms with Crippen LogP contribution in [0.5, 0.6) is 0 Å². The Morgan fingerprint density at radius 2 is 1.77 bits per heavy atom. The second-order valence-electron chi connectivity index (χ2n) is 8.00. The van der Waals surface area contributed by atoms with Gasteiger partial charge in [0.25, 0.3) is 5.91 Å². The van der Waals surface area contributed by atoms with Gasteiger partial charge in [-0.05, 0) is 67.1 Å². The minimum atomic E-state index is -0.314. The van der Waals surface area contributed by atoms with E-state index in [4.69, 9.17) is 11.6 Å². The molecular formula is C24H24ClN3O2S. The van der Waals surface area contributed by atoms with Crippen molar-refractivity contribution in [2.75, 3.05) is 10.6 Å². The molecule has 5 nitrogen and oxygen atoms in total. The maximum atomic E-state index is 13.0. The van der Waals surface area contributed by atoms with Crippen LogP contribution in [0, 0.1) is 0 Å². The lowest BCUT2D eigenvalue weighted by molar-refractivity contribution is -0.117. The van der Waals surface area contributed by atoms with E-state index in [9.17, 15) is 9.59 Å². The molecule has 1 heterocycles. The van der Waals surface area contributed by atoms with Gasteiger partial charge in [-0.1, -0.05) is 37.6 Å². The van der Waals surface area contributed by atoms with Gasteiger partial charge in [0.15, 0.2) is 5.13 Å². The molecular weight excluding hydrogens is 430 g/mol. The van der Waals surface area contributed by atoms with Crippen LogP contribution < -0.4 is 10.6 Å². The van der Waals surface area contributed by atoms with E-state index in [-0.39, 0.29) is 17.7 Å². The molecule has 0 saturated carbocycles. The van der Waals surface area contributed by atoms with E-state index in [0.29, 0.717) is 21.6 Å². The van der Waals surface area contributed by atoms with Crippen LogP contribution in [0.1, 0.15) is 65.0 Å². The van der Waals surface area contributed by atoms with Gasteiger partial charge in [0, 0.05) is 21.2 Å². The summed E-state index contributed by atoms with van der Waals surface area (Å²) < 4.78 is 0. The van der Waals surface area contributed by atoms with Crippen LogP contribution in [0.25, 0.3) is 0 Å². The third-order valence-electron chi connectivity index (χ3n) is 5.44. The molecule has 0 saturated heterocycles. The molecule has 0 spiro atoms. The summed E-state index contributed by atoms with van der Waals surface area (Å²) in [7, 11) is 0. The Bertz CT molecular complexity index is 1090. The van der Waals surface area contributed by atoms with Gasteiger partial charge in [0.1, 0.15) is 0 Å². The topological polar surface area (TPSA) is 71.1 Å². The van der Waals surface area contributed by atoms with Gasteiger partial charge in [-0.3, -0.25) is 14.9 Å². The van der Waals surface area contributed by atoms with E-state index in [1.54, 1.807) is 24.3 Å². The van der Waals surface area contributed by atoms with E-state index in [1.807, 2.05) is 24.3 Å². The first-order valence-corrected chi connectivity index (χ1v) is 11.6. The van der Waals surface area contributed by atoms with Crippen LogP contribution in [0.15, 0.2) is 48.5 Å². The SMILES string of the molecule is CC(C)c1ccc(NC(=O)C2CCCc3sc(NC(=O)c4ccc(Cl)cc4)nc32)cc1. The summed E-state index contributed by atoms with van der Waals surface area (Å²) in [5.74, 6) is -0.166. The molecule has 0 aliphatic heterocycles. The number of nitrogens with zero attached hydrogens (tertiary/aromatic N) is 1. The van der Waals surface area contributed by atoms with E-state index in [2.05, 4.69) is 29.5 Å². The third-order valence-corrected chi connectivity index (χ3v) is 6.74. The Morgan fingerprint density at radius 1 is 1.06 bits per heavy atom. The first-order chi connectivity index (χ1) is 14.9. The summed E-state index contributed by atoms with van der Waals surface area (Å²) >= 11 is 7.34. The lowest BCUT2D eigenvalue weighted by Crippen LogP contribution is -2.24. The van der Waals surface area contributed by atoms with E-state index >= 15 is 0 Å². The molecule has 1 atom stereocenters. The largest absolute Gasteiger partial charge is 0.326 e. The highest BCUT2D eigenvalue weighted by molar-refractivity contribution is 7.16. The molecule has 160 valence electrons. The number of nitrogens with one attached hydrogen (secondary N) is 2. The first kappa shape index (κ1) is 21.5. The van der Waals surface area contributed by atoms with Gasteiger partial charge in [-0.2, -0.15) is 0 Å². The normalized spacial score (nSPS) is 15.4. The standard InChI is InChI=1S/C24H24ClN3O2S/c1-14(2)15-8-12-18(13-9-15)26-23(30)19-4-3-5-20-21(19)27-24(31-20)28-22(29)16-6-10-17(25)11-7-16/h6-14,19H,3-5H2,1-2H3,(H,26,30)(H,27,28,29). The van der Waals surface area contributed by atoms with Gasteiger partial charge >= 0.3 is 0 Å². The molecule has 2 amide bonds. The molecule has 0 radical (unpaired) electrons. The molecule has 7 heteroatoms. The number of carbonyl (C=O) groups is 2. The summed E-state index contributed by atoms with van der Waals surface area (Å²) in [4.78, 5) is 31.2. The van der Waals surface area contributed by atoms with Crippen LogP contribution in [0.4, 0.5) is 10.8 Å². The summed E-state index contributed by atoms with van der Waals surface area (Å²) in [6.45, 7) is 4.28. The van der Waals surface area contributed by atoms with Crippen molar-refractivity contribution in [3.63, 3.8) is 0 Å². The van der Waals surface area contributed by atoms with Gasteiger partial charge in [0.05, 0.1) is 11.6 Å². The van der Waals surface area contributed by atoms with Crippen molar-refractivity contribution in [1.29, 1.82) is 0 Å². The average Bonchev–Trinajstić information content (AvgIpc) is 3.16. The molecule has 0 fully saturated rings. The number of rotatable bonds is 5. The predicted molar refractivity (Wildman–Crippen MR) is 126 cm³/mol. The molecule has 1 aliphatic carbocycles. The van der Waals surface area contributed by atoms with Gasteiger partial charge < -0.3 is 5.32 Å². The number of anilines is 2. The zero-order chi connectivity index (χ0) is 22.0. The Kier molecular flexibility index (Phi) is 6.39. The van der Waals surface area contributed by atoms with Crippen molar-refractivity contribution < 1.29 is 9.59 Å². The van der Waals surface area contributed by atoms with E-state index in [0.717, 1.165) is 35.5 Å². The number of carbonyl (C=O) groups excluding carboxylic acids is 2. The molecule has 1 aromatic heterocycles. The number of thiazole rings is 1.